The first kappa shape index (κ1) is 13.3. The van der Waals surface area contributed by atoms with Gasteiger partial charge in [-0.2, -0.15) is 0 Å². The molecule has 18 heavy (non-hydrogen) atoms. The second kappa shape index (κ2) is 5.68. The van der Waals surface area contributed by atoms with E-state index in [0.717, 1.165) is 35.6 Å². The molecule has 1 aliphatic carbocycles. The number of rotatable bonds is 3. The first-order chi connectivity index (χ1) is 8.58. The Balaban J connectivity index is 2.03. The van der Waals surface area contributed by atoms with Gasteiger partial charge in [0.05, 0.1) is 0 Å². The maximum atomic E-state index is 4.57. The van der Waals surface area contributed by atoms with Crippen LogP contribution in [0.4, 0.5) is 5.82 Å². The average molecular weight is 247 g/mol. The van der Waals surface area contributed by atoms with Crippen LogP contribution in [-0.4, -0.2) is 16.0 Å². The Labute approximate surface area is 110 Å². The smallest absolute Gasteiger partial charge is 0.130 e. The van der Waals surface area contributed by atoms with E-state index in [1.54, 1.807) is 0 Å². The minimum Gasteiger partial charge on any atom is -0.367 e. The average Bonchev–Trinajstić information content (AvgIpc) is 2.33. The molecule has 3 unspecified atom stereocenters. The van der Waals surface area contributed by atoms with Gasteiger partial charge in [-0.1, -0.05) is 20.8 Å². The lowest BCUT2D eigenvalue weighted by Gasteiger charge is -2.32. The van der Waals surface area contributed by atoms with Crippen LogP contribution < -0.4 is 5.32 Å². The van der Waals surface area contributed by atoms with Gasteiger partial charge >= 0.3 is 0 Å². The summed E-state index contributed by atoms with van der Waals surface area (Å²) < 4.78 is 0. The van der Waals surface area contributed by atoms with E-state index >= 15 is 0 Å². The van der Waals surface area contributed by atoms with Crippen molar-refractivity contribution in [3.8, 4) is 0 Å². The van der Waals surface area contributed by atoms with E-state index in [9.17, 15) is 0 Å². The minimum absolute atomic E-state index is 0.579. The molecule has 0 radical (unpaired) electrons. The van der Waals surface area contributed by atoms with Crippen molar-refractivity contribution in [3.63, 3.8) is 0 Å². The topological polar surface area (TPSA) is 37.8 Å². The van der Waals surface area contributed by atoms with E-state index in [4.69, 9.17) is 0 Å². The van der Waals surface area contributed by atoms with E-state index in [0.29, 0.717) is 6.04 Å². The first-order valence-electron chi connectivity index (χ1n) is 7.19. The van der Waals surface area contributed by atoms with Crippen LogP contribution in [0.5, 0.6) is 0 Å². The van der Waals surface area contributed by atoms with E-state index in [2.05, 4.69) is 42.1 Å². The lowest BCUT2D eigenvalue weighted by atomic mass is 9.79. The minimum atomic E-state index is 0.579. The molecule has 3 nitrogen and oxygen atoms in total. The monoisotopic (exact) mass is 247 g/mol. The van der Waals surface area contributed by atoms with Crippen LogP contribution in [-0.2, 0) is 6.42 Å². The van der Waals surface area contributed by atoms with Gasteiger partial charge in [0.1, 0.15) is 11.6 Å². The number of aromatic nitrogens is 2. The molecule has 100 valence electrons. The molecule has 0 aliphatic heterocycles. The number of aryl methyl sites for hydroxylation is 2. The third-order valence-electron chi connectivity index (χ3n) is 4.17. The molecule has 1 aliphatic rings. The molecular weight excluding hydrogens is 222 g/mol. The standard InChI is InChI=1S/C15H25N3/c1-5-14-16-12(4)9-15(18-14)17-13-7-6-10(2)11(3)8-13/h9-11,13H,5-8H2,1-4H3,(H,16,17,18). The van der Waals surface area contributed by atoms with E-state index < -0.39 is 0 Å². The summed E-state index contributed by atoms with van der Waals surface area (Å²) in [6.07, 6.45) is 4.74. The second-order valence-corrected chi connectivity index (χ2v) is 5.77. The van der Waals surface area contributed by atoms with Gasteiger partial charge in [0.15, 0.2) is 0 Å². The van der Waals surface area contributed by atoms with Crippen molar-refractivity contribution in [2.24, 2.45) is 11.8 Å². The molecule has 1 fully saturated rings. The Kier molecular flexibility index (Phi) is 4.20. The summed E-state index contributed by atoms with van der Waals surface area (Å²) in [5.41, 5.74) is 1.06. The highest BCUT2D eigenvalue weighted by atomic mass is 15.0. The number of hydrogen-bond acceptors (Lipinski definition) is 3. The van der Waals surface area contributed by atoms with Crippen LogP contribution in [0, 0.1) is 18.8 Å². The predicted molar refractivity (Wildman–Crippen MR) is 75.7 cm³/mol. The van der Waals surface area contributed by atoms with Crippen molar-refractivity contribution in [1.29, 1.82) is 0 Å². The fourth-order valence-electron chi connectivity index (χ4n) is 2.75. The highest BCUT2D eigenvalue weighted by Crippen LogP contribution is 2.30. The summed E-state index contributed by atoms with van der Waals surface area (Å²) in [5, 5.41) is 3.60. The summed E-state index contributed by atoms with van der Waals surface area (Å²) in [5.74, 6) is 3.62. The van der Waals surface area contributed by atoms with Crippen LogP contribution >= 0.6 is 0 Å². The predicted octanol–water partition coefficient (Wildman–Crippen LogP) is 3.58. The van der Waals surface area contributed by atoms with Crippen molar-refractivity contribution in [1.82, 2.24) is 9.97 Å². The second-order valence-electron chi connectivity index (χ2n) is 5.77. The Morgan fingerprint density at radius 1 is 1.22 bits per heavy atom. The molecule has 0 bridgehead atoms. The highest BCUT2D eigenvalue weighted by molar-refractivity contribution is 5.37. The number of anilines is 1. The third kappa shape index (κ3) is 3.21. The summed E-state index contributed by atoms with van der Waals surface area (Å²) in [6, 6.07) is 2.64. The number of nitrogens with one attached hydrogen (secondary N) is 1. The van der Waals surface area contributed by atoms with Crippen molar-refractivity contribution in [2.75, 3.05) is 5.32 Å². The molecule has 0 saturated heterocycles. The van der Waals surface area contributed by atoms with Crippen molar-refractivity contribution >= 4 is 5.82 Å². The molecule has 3 heteroatoms. The van der Waals surface area contributed by atoms with Crippen molar-refractivity contribution in [3.05, 3.63) is 17.6 Å². The Morgan fingerprint density at radius 3 is 2.67 bits per heavy atom. The molecule has 3 atom stereocenters. The SMILES string of the molecule is CCc1nc(C)cc(NC2CCC(C)C(C)C2)n1. The molecule has 1 aromatic heterocycles. The summed E-state index contributed by atoms with van der Waals surface area (Å²) in [6.45, 7) is 8.87. The lowest BCUT2D eigenvalue weighted by Crippen LogP contribution is -2.30. The van der Waals surface area contributed by atoms with Crippen LogP contribution in [0.25, 0.3) is 0 Å². The summed E-state index contributed by atoms with van der Waals surface area (Å²) >= 11 is 0. The summed E-state index contributed by atoms with van der Waals surface area (Å²) in [4.78, 5) is 8.99. The van der Waals surface area contributed by atoms with Gasteiger partial charge in [-0.25, -0.2) is 9.97 Å². The van der Waals surface area contributed by atoms with Crippen LogP contribution in [0.2, 0.25) is 0 Å². The number of hydrogen-bond donors (Lipinski definition) is 1. The van der Waals surface area contributed by atoms with Gasteiger partial charge in [-0.3, -0.25) is 0 Å². The zero-order valence-corrected chi connectivity index (χ0v) is 12.0. The molecule has 0 spiro atoms. The van der Waals surface area contributed by atoms with E-state index in [-0.39, 0.29) is 0 Å². The van der Waals surface area contributed by atoms with Crippen LogP contribution in [0.15, 0.2) is 6.07 Å². The van der Waals surface area contributed by atoms with E-state index in [1.807, 2.05) is 6.92 Å². The normalized spacial score (nSPS) is 28.1. The maximum Gasteiger partial charge on any atom is 0.130 e. The van der Waals surface area contributed by atoms with Crippen molar-refractivity contribution < 1.29 is 0 Å². The lowest BCUT2D eigenvalue weighted by molar-refractivity contribution is 0.260. The van der Waals surface area contributed by atoms with Gasteiger partial charge < -0.3 is 5.32 Å². The highest BCUT2D eigenvalue weighted by Gasteiger charge is 2.24. The fraction of sp³-hybridized carbons (Fsp3) is 0.733. The fourth-order valence-corrected chi connectivity index (χ4v) is 2.75. The molecule has 1 heterocycles. The van der Waals surface area contributed by atoms with Gasteiger partial charge in [0.25, 0.3) is 0 Å². The molecule has 0 aromatic carbocycles. The maximum absolute atomic E-state index is 4.57. The molecule has 1 saturated carbocycles. The van der Waals surface area contributed by atoms with Gasteiger partial charge in [0, 0.05) is 24.2 Å². The number of nitrogens with zero attached hydrogens (tertiary/aromatic N) is 2. The first-order valence-corrected chi connectivity index (χ1v) is 7.19. The molecule has 2 rings (SSSR count). The molecule has 1 N–H and O–H groups in total. The Hall–Kier alpha value is -1.12. The van der Waals surface area contributed by atoms with Gasteiger partial charge in [-0.05, 0) is 38.0 Å². The molecule has 1 aromatic rings. The van der Waals surface area contributed by atoms with Gasteiger partial charge in [0.2, 0.25) is 0 Å². The zero-order valence-electron chi connectivity index (χ0n) is 12.0. The van der Waals surface area contributed by atoms with E-state index in [1.165, 1.54) is 19.3 Å². The molecular formula is C15H25N3. The van der Waals surface area contributed by atoms with Crippen LogP contribution in [0.1, 0.15) is 51.6 Å². The largest absolute Gasteiger partial charge is 0.367 e. The Morgan fingerprint density at radius 2 is 2.00 bits per heavy atom. The van der Waals surface area contributed by atoms with Crippen molar-refractivity contribution in [2.45, 2.75) is 59.4 Å². The van der Waals surface area contributed by atoms with Gasteiger partial charge in [-0.15, -0.1) is 0 Å². The quantitative estimate of drug-likeness (QED) is 0.887. The summed E-state index contributed by atoms with van der Waals surface area (Å²) in [7, 11) is 0. The third-order valence-corrected chi connectivity index (χ3v) is 4.17. The Bertz CT molecular complexity index is 403. The molecule has 0 amide bonds. The van der Waals surface area contributed by atoms with Crippen LogP contribution in [0.3, 0.4) is 0 Å². The zero-order chi connectivity index (χ0) is 13.1.